The Morgan fingerprint density at radius 1 is 0.471 bits per heavy atom. The Morgan fingerprint density at radius 2 is 1.16 bits per heavy atom. The van der Waals surface area contributed by atoms with Gasteiger partial charge in [-0.15, -0.1) is 0 Å². The van der Waals surface area contributed by atoms with Gasteiger partial charge in [0.05, 0.1) is 15.5 Å². The van der Waals surface area contributed by atoms with E-state index in [0.717, 1.165) is 62.0 Å². The lowest BCUT2D eigenvalue weighted by molar-refractivity contribution is 0.0447. The number of halogens is 1. The van der Waals surface area contributed by atoms with Gasteiger partial charge < -0.3 is 9.64 Å². The van der Waals surface area contributed by atoms with Crippen LogP contribution in [0.4, 0.5) is 17.1 Å². The van der Waals surface area contributed by atoms with Gasteiger partial charge in [-0.2, -0.15) is 0 Å². The van der Waals surface area contributed by atoms with Crippen LogP contribution in [0, 0.1) is 23.7 Å². The zero-order chi connectivity index (χ0) is 44.7. The van der Waals surface area contributed by atoms with Crippen LogP contribution in [0.15, 0.2) is 210 Å². The van der Waals surface area contributed by atoms with Gasteiger partial charge in [0, 0.05) is 26.1 Å². The van der Waals surface area contributed by atoms with Crippen LogP contribution in [0.25, 0.3) is 65.7 Å². The molecular formula is C64H46INOS. The van der Waals surface area contributed by atoms with Crippen molar-refractivity contribution in [1.29, 1.82) is 0 Å². The predicted octanol–water partition coefficient (Wildman–Crippen LogP) is 18.3. The van der Waals surface area contributed by atoms with Gasteiger partial charge in [-0.3, -0.25) is 0 Å². The molecule has 1 aliphatic heterocycles. The molecule has 0 N–H and O–H groups in total. The number of hydrogen-bond acceptors (Lipinski definition) is 3. The Kier molecular flexibility index (Phi) is 8.79. The molecule has 2 nitrogen and oxygen atoms in total. The van der Waals surface area contributed by atoms with E-state index in [0.29, 0.717) is 3.92 Å². The molecule has 0 radical (unpaired) electrons. The van der Waals surface area contributed by atoms with Gasteiger partial charge in [0.25, 0.3) is 0 Å². The van der Waals surface area contributed by atoms with Crippen molar-refractivity contribution in [3.63, 3.8) is 0 Å². The maximum absolute atomic E-state index is 6.89. The van der Waals surface area contributed by atoms with Gasteiger partial charge in [0.2, 0.25) is 0 Å². The van der Waals surface area contributed by atoms with Crippen LogP contribution in [0.2, 0.25) is 0 Å². The number of benzene rings is 10. The van der Waals surface area contributed by atoms with Crippen LogP contribution in [0.3, 0.4) is 0 Å². The lowest BCUT2D eigenvalue weighted by atomic mass is 9.51. The van der Waals surface area contributed by atoms with Gasteiger partial charge in [-0.1, -0.05) is 180 Å². The molecule has 3 fully saturated rings. The van der Waals surface area contributed by atoms with Crippen LogP contribution >= 0.6 is 34.4 Å². The Balaban J connectivity index is 0.798. The molecule has 4 aliphatic carbocycles. The van der Waals surface area contributed by atoms with E-state index in [2.05, 4.69) is 228 Å². The Hall–Kier alpha value is -6.34. The number of ether oxygens (including phenoxy) is 1. The molecular weight excluding hydrogens is 958 g/mol. The number of anilines is 3. The smallest absolute Gasteiger partial charge is 0.142 e. The quantitative estimate of drug-likeness (QED) is 0.0968. The first kappa shape index (κ1) is 39.6. The second-order valence-electron chi connectivity index (χ2n) is 20.0. The van der Waals surface area contributed by atoms with Crippen molar-refractivity contribution < 1.29 is 4.74 Å². The predicted molar refractivity (Wildman–Crippen MR) is 292 cm³/mol. The molecule has 15 rings (SSSR count). The first-order valence-corrected chi connectivity index (χ1v) is 26.4. The highest BCUT2D eigenvalue weighted by Crippen LogP contribution is 2.71. The van der Waals surface area contributed by atoms with Crippen molar-refractivity contribution in [3.8, 4) is 44.9 Å². The molecule has 2 bridgehead atoms. The van der Waals surface area contributed by atoms with Crippen LogP contribution in [0.5, 0.6) is 11.5 Å². The average molecular weight is 1000 g/mol. The number of alkyl halides is 1. The summed E-state index contributed by atoms with van der Waals surface area (Å²) in [5.74, 6) is 5.30. The zero-order valence-electron chi connectivity index (χ0n) is 37.4. The van der Waals surface area contributed by atoms with Crippen LogP contribution < -0.4 is 9.64 Å². The lowest BCUT2D eigenvalue weighted by Gasteiger charge is -2.54. The summed E-state index contributed by atoms with van der Waals surface area (Å²) in [5.41, 5.74) is 14.4. The minimum atomic E-state index is 0.122. The molecule has 5 aliphatic rings. The largest absolute Gasteiger partial charge is 0.455 e. The van der Waals surface area contributed by atoms with Crippen molar-refractivity contribution in [2.75, 3.05) is 4.90 Å². The van der Waals surface area contributed by atoms with Crippen LogP contribution in [0.1, 0.15) is 36.8 Å². The first-order chi connectivity index (χ1) is 33.6. The molecule has 68 heavy (non-hydrogen) atoms. The number of hydrogen-bond donors (Lipinski definition) is 0. The summed E-state index contributed by atoms with van der Waals surface area (Å²) < 4.78 is 7.50. The molecule has 0 aromatic heterocycles. The summed E-state index contributed by atoms with van der Waals surface area (Å²) in [6.07, 6.45) is 5.67. The maximum atomic E-state index is 6.89. The maximum Gasteiger partial charge on any atom is 0.142 e. The molecule has 4 heteroatoms. The van der Waals surface area contributed by atoms with Crippen molar-refractivity contribution in [1.82, 2.24) is 0 Å². The van der Waals surface area contributed by atoms with E-state index in [9.17, 15) is 0 Å². The summed E-state index contributed by atoms with van der Waals surface area (Å²) in [4.78, 5) is 4.67. The Labute approximate surface area is 415 Å². The van der Waals surface area contributed by atoms with Gasteiger partial charge >= 0.3 is 0 Å². The highest BCUT2D eigenvalue weighted by molar-refractivity contribution is 14.1. The topological polar surface area (TPSA) is 12.5 Å². The van der Waals surface area contributed by atoms with E-state index in [4.69, 9.17) is 4.74 Å². The van der Waals surface area contributed by atoms with Crippen molar-refractivity contribution in [2.45, 2.75) is 44.8 Å². The van der Waals surface area contributed by atoms with Gasteiger partial charge in [-0.25, -0.2) is 0 Å². The van der Waals surface area contributed by atoms with Gasteiger partial charge in [0.1, 0.15) is 11.5 Å². The molecule has 1 spiro atoms. The Morgan fingerprint density at radius 3 is 2.06 bits per heavy atom. The third-order valence-electron chi connectivity index (χ3n) is 16.8. The molecule has 3 saturated carbocycles. The van der Waals surface area contributed by atoms with Gasteiger partial charge in [0.15, 0.2) is 0 Å². The minimum Gasteiger partial charge on any atom is -0.455 e. The highest BCUT2D eigenvalue weighted by Gasteiger charge is 2.64. The van der Waals surface area contributed by atoms with E-state index in [-0.39, 0.29) is 5.41 Å². The van der Waals surface area contributed by atoms with Crippen molar-refractivity contribution >= 4 is 83.7 Å². The molecule has 6 unspecified atom stereocenters. The zero-order valence-corrected chi connectivity index (χ0v) is 40.4. The first-order valence-electron chi connectivity index (χ1n) is 24.4. The standard InChI is InChI=1S/C64H46INOS/c65-63-32-38-30-44-34-57(53(44)31-38)64(63)55-19-8-7-16-51(55)54-33-41(22-27-56(54)64)42-23-29-61-60(36-42)67-59-28-26-46(37-62(59)68-61)66(58-35-43-11-2-4-14-49(43)50-15-5-6-17-52(50)58)45-24-20-40(21-25-45)48-18-9-12-39-10-1-3-13-47(39)48/h1-29,33,35-38,44,53,57,63H,30-32,34H2. The average Bonchev–Trinajstić information content (AvgIpc) is 3.83. The van der Waals surface area contributed by atoms with E-state index in [1.807, 2.05) is 0 Å². The monoisotopic (exact) mass is 1000 g/mol. The molecule has 326 valence electrons. The molecule has 10 aromatic carbocycles. The molecule has 0 amide bonds. The van der Waals surface area contributed by atoms with E-state index >= 15 is 0 Å². The summed E-state index contributed by atoms with van der Waals surface area (Å²) in [6.45, 7) is 0. The van der Waals surface area contributed by atoms with Crippen molar-refractivity contribution in [2.24, 2.45) is 23.7 Å². The SMILES string of the molecule is IC1CC2CC3CC(C3C2)C12c1ccccc1-c1cc(-c3ccc4c(c3)Oc3ccc(N(c5ccc(-c6cccc7ccccc67)cc5)c5cc6ccccc6c6ccccc56)cc3S4)ccc12. The highest BCUT2D eigenvalue weighted by atomic mass is 127. The molecule has 0 saturated heterocycles. The molecule has 1 heterocycles. The molecule has 6 atom stereocenters. The fourth-order valence-corrected chi connectivity index (χ4v) is 16.7. The Bertz CT molecular complexity index is 3720. The lowest BCUT2D eigenvalue weighted by Crippen LogP contribution is -2.52. The third-order valence-corrected chi connectivity index (χ3v) is 19.4. The molecule has 10 aromatic rings. The van der Waals surface area contributed by atoms with E-state index < -0.39 is 0 Å². The summed E-state index contributed by atoms with van der Waals surface area (Å²) >= 11 is 4.67. The summed E-state index contributed by atoms with van der Waals surface area (Å²) in [5, 5.41) is 7.44. The third kappa shape index (κ3) is 5.77. The van der Waals surface area contributed by atoms with Crippen LogP contribution in [-0.2, 0) is 5.41 Å². The fourth-order valence-electron chi connectivity index (χ4n) is 13.8. The van der Waals surface area contributed by atoms with Gasteiger partial charge in [-0.05, 0) is 175 Å². The van der Waals surface area contributed by atoms with E-state index in [1.165, 1.54) is 91.4 Å². The van der Waals surface area contributed by atoms with Crippen LogP contribution in [-0.4, -0.2) is 3.92 Å². The number of rotatable bonds is 5. The summed E-state index contributed by atoms with van der Waals surface area (Å²) in [6, 6.07) is 74.7. The second kappa shape index (κ2) is 15.1. The fraction of sp³-hybridized carbons (Fsp3) is 0.156. The number of nitrogens with zero attached hydrogens (tertiary/aromatic N) is 1. The minimum absolute atomic E-state index is 0.122. The van der Waals surface area contributed by atoms with E-state index in [1.54, 1.807) is 22.9 Å². The second-order valence-corrected chi connectivity index (χ2v) is 22.6. The normalized spacial score (nSPS) is 22.5. The number of fused-ring (bicyclic) bond motifs is 13. The summed E-state index contributed by atoms with van der Waals surface area (Å²) in [7, 11) is 0. The van der Waals surface area contributed by atoms with Crippen molar-refractivity contribution in [3.05, 3.63) is 211 Å².